The monoisotopic (exact) mass is 792 g/mol. The van der Waals surface area contributed by atoms with Gasteiger partial charge in [-0.25, -0.2) is 9.00 Å². The topological polar surface area (TPSA) is 145 Å². The highest BCUT2D eigenvalue weighted by molar-refractivity contribution is 7.92. The minimum absolute atomic E-state index is 0.00164. The number of anilines is 1. The van der Waals surface area contributed by atoms with Crippen LogP contribution < -0.4 is 14.4 Å². The van der Waals surface area contributed by atoms with Gasteiger partial charge in [-0.1, -0.05) is 23.7 Å². The zero-order chi connectivity index (χ0) is 39.3. The molecule has 13 nitrogen and oxygen atoms in total. The van der Waals surface area contributed by atoms with E-state index >= 15 is 4.21 Å². The first-order chi connectivity index (χ1) is 26.1. The van der Waals surface area contributed by atoms with E-state index in [2.05, 4.69) is 25.1 Å². The number of fused-ring (bicyclic) bond motifs is 4. The Kier molecular flexibility index (Phi) is 10.5. The first kappa shape index (κ1) is 38.9. The van der Waals surface area contributed by atoms with Crippen molar-refractivity contribution in [3.05, 3.63) is 82.2 Å². The van der Waals surface area contributed by atoms with Gasteiger partial charge in [0.25, 0.3) is 11.8 Å². The molecule has 7 rings (SSSR count). The smallest absolute Gasteiger partial charge is 0.409 e. The van der Waals surface area contributed by atoms with Gasteiger partial charge in [-0.15, -0.1) is 4.36 Å². The quantitative estimate of drug-likeness (QED) is 0.316. The predicted molar refractivity (Wildman–Crippen MR) is 209 cm³/mol. The second-order valence-corrected chi connectivity index (χ2v) is 18.2. The molecule has 4 aliphatic rings. The lowest BCUT2D eigenvalue weighted by Crippen LogP contribution is -2.50. The lowest BCUT2D eigenvalue weighted by atomic mass is 9.68. The third-order valence-electron chi connectivity index (χ3n) is 11.4. The van der Waals surface area contributed by atoms with Gasteiger partial charge in [0, 0.05) is 56.8 Å². The van der Waals surface area contributed by atoms with Gasteiger partial charge in [0.15, 0.2) is 9.92 Å². The zero-order valence-corrected chi connectivity index (χ0v) is 33.7. The first-order valence-electron chi connectivity index (χ1n) is 18.7. The van der Waals surface area contributed by atoms with Crippen LogP contribution in [0.5, 0.6) is 5.75 Å². The Morgan fingerprint density at radius 3 is 2.65 bits per heavy atom. The highest BCUT2D eigenvalue weighted by atomic mass is 35.5. The van der Waals surface area contributed by atoms with Gasteiger partial charge in [0.1, 0.15) is 17.5 Å². The van der Waals surface area contributed by atoms with Crippen molar-refractivity contribution in [1.29, 1.82) is 0 Å². The van der Waals surface area contributed by atoms with E-state index in [1.807, 2.05) is 18.2 Å². The van der Waals surface area contributed by atoms with E-state index in [-0.39, 0.29) is 34.3 Å². The molecule has 1 saturated carbocycles. The molecule has 1 aromatic heterocycles. The van der Waals surface area contributed by atoms with Crippen LogP contribution in [0.3, 0.4) is 0 Å². The number of hydrogen-bond donors (Lipinski definition) is 1. The number of nitrogens with one attached hydrogen (secondary N) is 1. The Bertz CT molecular complexity index is 2180. The lowest BCUT2D eigenvalue weighted by Gasteiger charge is -2.46. The molecule has 1 fully saturated rings. The molecule has 2 aromatic carbocycles. The summed E-state index contributed by atoms with van der Waals surface area (Å²) in [6.07, 6.45) is 8.65. The summed E-state index contributed by atoms with van der Waals surface area (Å²) in [6, 6.07) is 11.2. The molecule has 5 atom stereocenters. The van der Waals surface area contributed by atoms with Crippen molar-refractivity contribution in [3.63, 3.8) is 0 Å². The number of benzene rings is 2. The molecule has 3 aromatic rings. The van der Waals surface area contributed by atoms with Crippen molar-refractivity contribution in [1.82, 2.24) is 19.4 Å². The van der Waals surface area contributed by atoms with Crippen molar-refractivity contribution in [2.45, 2.75) is 74.9 Å². The average molecular weight is 793 g/mol. The molecule has 15 heteroatoms. The standard InChI is InChI=1S/C40H49ClN6O7S/c1-25-31(22-46(6)42-25)36(48)43-55(51)29-13-16-35-33(20-29)47(23-40(24-52-35)17-7-9-26-19-28(41)12-15-32(26)40)21-27-11-14-30(27)34(54-38(50)45(4)5)10-8-18-53-39(2,3)37(49)44-55/h8,10,12-13,15-16,19-20,22,27,30,34H,7,9,11,14,17-18,21,23-24H2,1-6H3,(H,43,44,48,49,51)/t27-,30+,34-,40-,55?/m0/s1. The third-order valence-corrected chi connectivity index (χ3v) is 13.4. The summed E-state index contributed by atoms with van der Waals surface area (Å²) in [7, 11) is 1.04. The highest BCUT2D eigenvalue weighted by Crippen LogP contribution is 2.47. The number of aryl methyl sites for hydroxylation is 3. The summed E-state index contributed by atoms with van der Waals surface area (Å²) in [5.41, 5.74) is 1.79. The van der Waals surface area contributed by atoms with Gasteiger partial charge >= 0.3 is 6.09 Å². The first-order valence-corrected chi connectivity index (χ1v) is 20.6. The molecule has 3 amide bonds. The van der Waals surface area contributed by atoms with E-state index in [1.54, 1.807) is 52.3 Å². The molecule has 0 radical (unpaired) electrons. The number of hydrogen-bond acceptors (Lipinski definition) is 9. The van der Waals surface area contributed by atoms with E-state index in [9.17, 15) is 14.4 Å². The summed E-state index contributed by atoms with van der Waals surface area (Å²) < 4.78 is 42.3. The van der Waals surface area contributed by atoms with Crippen molar-refractivity contribution in [2.24, 2.45) is 23.2 Å². The van der Waals surface area contributed by atoms with Crippen LogP contribution in [0.1, 0.15) is 66.7 Å². The van der Waals surface area contributed by atoms with Crippen LogP contribution in [0.25, 0.3) is 0 Å². The van der Waals surface area contributed by atoms with Gasteiger partial charge in [0.2, 0.25) is 0 Å². The van der Waals surface area contributed by atoms with Gasteiger partial charge in [-0.3, -0.25) is 19.0 Å². The zero-order valence-electron chi connectivity index (χ0n) is 32.2. The number of rotatable bonds is 3. The van der Waals surface area contributed by atoms with Gasteiger partial charge < -0.3 is 24.0 Å². The minimum Gasteiger partial charge on any atom is -0.490 e. The number of halogens is 1. The fourth-order valence-electron chi connectivity index (χ4n) is 8.17. The van der Waals surface area contributed by atoms with Crippen LogP contribution in [0, 0.1) is 18.8 Å². The normalized spacial score (nSPS) is 27.4. The summed E-state index contributed by atoms with van der Waals surface area (Å²) in [4.78, 5) is 44.4. The Morgan fingerprint density at radius 1 is 1.15 bits per heavy atom. The largest absolute Gasteiger partial charge is 0.490 e. The summed E-state index contributed by atoms with van der Waals surface area (Å²) in [6.45, 7) is 6.33. The van der Waals surface area contributed by atoms with Gasteiger partial charge in [-0.05, 0) is 106 Å². The van der Waals surface area contributed by atoms with Crippen LogP contribution >= 0.6 is 11.6 Å². The van der Waals surface area contributed by atoms with Crippen molar-refractivity contribution in [3.8, 4) is 5.75 Å². The van der Waals surface area contributed by atoms with E-state index in [4.69, 9.17) is 25.8 Å². The van der Waals surface area contributed by atoms with Crippen molar-refractivity contribution < 1.29 is 32.8 Å². The van der Waals surface area contributed by atoms with Crippen LogP contribution in [-0.2, 0) is 43.1 Å². The number of ether oxygens (including phenoxy) is 3. The Balaban J connectivity index is 1.37. The Labute approximate surface area is 327 Å². The van der Waals surface area contributed by atoms with E-state index in [0.29, 0.717) is 41.8 Å². The molecular formula is C40H49ClN6O7S. The van der Waals surface area contributed by atoms with E-state index < -0.39 is 39.5 Å². The van der Waals surface area contributed by atoms with E-state index in [0.717, 1.165) is 32.1 Å². The number of aromatic nitrogens is 2. The van der Waals surface area contributed by atoms with Crippen LogP contribution in [0.2, 0.25) is 5.02 Å². The molecule has 2 bridgehead atoms. The lowest BCUT2D eigenvalue weighted by molar-refractivity contribution is -0.137. The van der Waals surface area contributed by atoms with Crippen LogP contribution in [0.4, 0.5) is 10.5 Å². The third kappa shape index (κ3) is 7.73. The maximum atomic E-state index is 15.2. The molecule has 2 aliphatic carbocycles. The van der Waals surface area contributed by atoms with Crippen LogP contribution in [0.15, 0.2) is 64.0 Å². The molecule has 0 saturated heterocycles. The summed E-state index contributed by atoms with van der Waals surface area (Å²) in [5, 5.41) is 4.96. The van der Waals surface area contributed by atoms with Gasteiger partial charge in [0.05, 0.1) is 35.1 Å². The minimum atomic E-state index is -3.95. The fourth-order valence-corrected chi connectivity index (χ4v) is 9.97. The molecule has 2 aliphatic heterocycles. The average Bonchev–Trinajstić information content (AvgIpc) is 3.38. The SMILES string of the molecule is Cc1nn(C)cc1C(=O)NS1(=O)=NC(=O)C(C)(C)OCC=C[C@H](OC(=O)N(C)C)[C@@H]2CC[C@H]2CN2C[C@@]3(CCCc4cc(Cl)ccc43)COc3ccc1cc32. The molecule has 3 heterocycles. The fraction of sp³-hybridized carbons (Fsp3) is 0.500. The highest BCUT2D eigenvalue weighted by Gasteiger charge is 2.45. The van der Waals surface area contributed by atoms with E-state index in [1.165, 1.54) is 40.8 Å². The Hall–Kier alpha value is -4.40. The molecule has 1 unspecified atom stereocenters. The maximum absolute atomic E-state index is 15.2. The van der Waals surface area contributed by atoms with Crippen molar-refractivity contribution >= 4 is 45.1 Å². The molecule has 294 valence electrons. The van der Waals surface area contributed by atoms with Gasteiger partial charge in [-0.2, -0.15) is 5.10 Å². The maximum Gasteiger partial charge on any atom is 0.409 e. The summed E-state index contributed by atoms with van der Waals surface area (Å²) >= 11 is 6.48. The number of amides is 3. The number of carbonyl (C=O) groups excluding carboxylic acids is 3. The van der Waals surface area contributed by atoms with Crippen molar-refractivity contribution in [2.75, 3.05) is 45.3 Å². The van der Waals surface area contributed by atoms with Crippen LogP contribution in [-0.4, -0.2) is 88.9 Å². The Morgan fingerprint density at radius 2 is 1.95 bits per heavy atom. The predicted octanol–water partition coefficient (Wildman–Crippen LogP) is 6.01. The molecule has 1 N–H and O–H groups in total. The second kappa shape index (κ2) is 14.9. The summed E-state index contributed by atoms with van der Waals surface area (Å²) in [5.74, 6) is -0.791. The molecular weight excluding hydrogens is 744 g/mol. The number of nitrogens with zero attached hydrogens (tertiary/aromatic N) is 5. The second-order valence-electron chi connectivity index (χ2n) is 15.9. The molecule has 1 spiro atoms. The number of carbonyl (C=O) groups is 3. The molecule has 55 heavy (non-hydrogen) atoms.